The van der Waals surface area contributed by atoms with E-state index in [9.17, 15) is 0 Å². The first-order valence-electron chi connectivity index (χ1n) is 6.56. The van der Waals surface area contributed by atoms with E-state index in [1.165, 1.54) is 11.1 Å². The zero-order valence-electron chi connectivity index (χ0n) is 11.8. The fourth-order valence-corrected chi connectivity index (χ4v) is 2.03. The van der Waals surface area contributed by atoms with Crippen LogP contribution in [0, 0.1) is 18.3 Å². The molecule has 3 heteroatoms. The highest BCUT2D eigenvalue weighted by Crippen LogP contribution is 2.19. The molecule has 0 aliphatic carbocycles. The average molecular weight is 266 g/mol. The van der Waals surface area contributed by atoms with Crippen LogP contribution in [0.4, 0.5) is 0 Å². The van der Waals surface area contributed by atoms with Gasteiger partial charge in [-0.05, 0) is 30.7 Å². The number of hydrogen-bond donors (Lipinski definition) is 1. The highest BCUT2D eigenvalue weighted by atomic mass is 16.5. The SMILES string of the molecule is COc1ccc(C#N)cc1CNCc1ccc(C)cc1. The van der Waals surface area contributed by atoms with Crippen LogP contribution in [0.3, 0.4) is 0 Å². The molecule has 1 N–H and O–H groups in total. The number of aryl methyl sites for hydroxylation is 1. The minimum Gasteiger partial charge on any atom is -0.496 e. The summed E-state index contributed by atoms with van der Waals surface area (Å²) in [5.41, 5.74) is 4.15. The molecule has 2 aromatic rings. The van der Waals surface area contributed by atoms with Gasteiger partial charge in [0.25, 0.3) is 0 Å². The van der Waals surface area contributed by atoms with Crippen molar-refractivity contribution in [2.75, 3.05) is 7.11 Å². The minimum atomic E-state index is 0.651. The second-order valence-corrected chi connectivity index (χ2v) is 4.73. The highest BCUT2D eigenvalue weighted by molar-refractivity contribution is 5.42. The highest BCUT2D eigenvalue weighted by Gasteiger charge is 2.04. The van der Waals surface area contributed by atoms with Gasteiger partial charge in [-0.1, -0.05) is 29.8 Å². The summed E-state index contributed by atoms with van der Waals surface area (Å²) in [4.78, 5) is 0. The van der Waals surface area contributed by atoms with E-state index in [0.29, 0.717) is 12.1 Å². The van der Waals surface area contributed by atoms with Crippen LogP contribution in [0.2, 0.25) is 0 Å². The van der Waals surface area contributed by atoms with Crippen LogP contribution in [-0.2, 0) is 13.1 Å². The lowest BCUT2D eigenvalue weighted by molar-refractivity contribution is 0.407. The molecule has 102 valence electrons. The Kier molecular flexibility index (Phi) is 4.75. The zero-order valence-corrected chi connectivity index (χ0v) is 11.8. The van der Waals surface area contributed by atoms with Crippen LogP contribution in [0.5, 0.6) is 5.75 Å². The van der Waals surface area contributed by atoms with Crippen LogP contribution in [0.1, 0.15) is 22.3 Å². The molecule has 0 saturated carbocycles. The number of methoxy groups -OCH3 is 1. The summed E-state index contributed by atoms with van der Waals surface area (Å²) < 4.78 is 5.31. The predicted octanol–water partition coefficient (Wildman–Crippen LogP) is 3.17. The molecule has 0 radical (unpaired) electrons. The fourth-order valence-electron chi connectivity index (χ4n) is 2.03. The Balaban J connectivity index is 2.00. The third-order valence-electron chi connectivity index (χ3n) is 3.17. The molecule has 0 fully saturated rings. The van der Waals surface area contributed by atoms with Gasteiger partial charge in [-0.15, -0.1) is 0 Å². The third-order valence-corrected chi connectivity index (χ3v) is 3.17. The van der Waals surface area contributed by atoms with E-state index < -0.39 is 0 Å². The number of nitrogens with one attached hydrogen (secondary N) is 1. The normalized spacial score (nSPS) is 10.1. The van der Waals surface area contributed by atoms with Crippen molar-refractivity contribution in [2.24, 2.45) is 0 Å². The maximum atomic E-state index is 8.94. The Hall–Kier alpha value is -2.31. The molecule has 0 heterocycles. The van der Waals surface area contributed by atoms with E-state index in [1.807, 2.05) is 12.1 Å². The monoisotopic (exact) mass is 266 g/mol. The van der Waals surface area contributed by atoms with E-state index in [4.69, 9.17) is 10.00 Å². The van der Waals surface area contributed by atoms with Crippen molar-refractivity contribution in [2.45, 2.75) is 20.0 Å². The van der Waals surface area contributed by atoms with Crippen LogP contribution < -0.4 is 10.1 Å². The molecule has 0 bridgehead atoms. The number of benzene rings is 2. The molecule has 0 amide bonds. The molecule has 0 unspecified atom stereocenters. The second kappa shape index (κ2) is 6.74. The van der Waals surface area contributed by atoms with Crippen molar-refractivity contribution in [1.82, 2.24) is 5.32 Å². The molecule has 0 aromatic heterocycles. The van der Waals surface area contributed by atoms with Gasteiger partial charge in [0.05, 0.1) is 18.7 Å². The number of nitrogens with zero attached hydrogens (tertiary/aromatic N) is 1. The Labute approximate surface area is 119 Å². The van der Waals surface area contributed by atoms with Gasteiger partial charge in [-0.2, -0.15) is 5.26 Å². The first-order chi connectivity index (χ1) is 9.72. The first-order valence-corrected chi connectivity index (χ1v) is 6.56. The predicted molar refractivity (Wildman–Crippen MR) is 79.4 cm³/mol. The van der Waals surface area contributed by atoms with E-state index in [0.717, 1.165) is 17.9 Å². The molecule has 0 atom stereocenters. The third kappa shape index (κ3) is 3.59. The lowest BCUT2D eigenvalue weighted by atomic mass is 10.1. The number of nitriles is 1. The molecule has 2 aromatic carbocycles. The summed E-state index contributed by atoms with van der Waals surface area (Å²) in [6.07, 6.45) is 0. The van der Waals surface area contributed by atoms with Gasteiger partial charge in [0.15, 0.2) is 0 Å². The lowest BCUT2D eigenvalue weighted by Crippen LogP contribution is -2.13. The van der Waals surface area contributed by atoms with Crippen molar-refractivity contribution < 1.29 is 4.74 Å². The number of ether oxygens (including phenoxy) is 1. The Morgan fingerprint density at radius 2 is 1.85 bits per heavy atom. The minimum absolute atomic E-state index is 0.651. The topological polar surface area (TPSA) is 45.0 Å². The van der Waals surface area contributed by atoms with Crippen molar-refractivity contribution in [3.63, 3.8) is 0 Å². The second-order valence-electron chi connectivity index (χ2n) is 4.73. The Bertz CT molecular complexity index is 612. The molecule has 0 aliphatic heterocycles. The molecule has 2 rings (SSSR count). The van der Waals surface area contributed by atoms with Gasteiger partial charge in [-0.3, -0.25) is 0 Å². The van der Waals surface area contributed by atoms with Gasteiger partial charge in [0, 0.05) is 18.7 Å². The van der Waals surface area contributed by atoms with Crippen LogP contribution >= 0.6 is 0 Å². The smallest absolute Gasteiger partial charge is 0.123 e. The quantitative estimate of drug-likeness (QED) is 0.904. The largest absolute Gasteiger partial charge is 0.496 e. The molecule has 0 aliphatic rings. The van der Waals surface area contributed by atoms with Gasteiger partial charge in [0.2, 0.25) is 0 Å². The van der Waals surface area contributed by atoms with Crippen molar-refractivity contribution in [3.05, 3.63) is 64.7 Å². The van der Waals surface area contributed by atoms with Gasteiger partial charge in [0.1, 0.15) is 5.75 Å². The summed E-state index contributed by atoms with van der Waals surface area (Å²) in [7, 11) is 1.64. The lowest BCUT2D eigenvalue weighted by Gasteiger charge is -2.10. The van der Waals surface area contributed by atoms with E-state index in [-0.39, 0.29) is 0 Å². The Morgan fingerprint density at radius 3 is 2.50 bits per heavy atom. The summed E-state index contributed by atoms with van der Waals surface area (Å²) in [6, 6.07) is 16.1. The molecule has 0 saturated heterocycles. The summed E-state index contributed by atoms with van der Waals surface area (Å²) in [6.45, 7) is 3.54. The standard InChI is InChI=1S/C17H18N2O/c1-13-3-5-14(6-4-13)11-19-12-16-9-15(10-18)7-8-17(16)20-2/h3-9,19H,11-12H2,1-2H3. The van der Waals surface area contributed by atoms with Crippen LogP contribution in [0.25, 0.3) is 0 Å². The maximum absolute atomic E-state index is 8.94. The van der Waals surface area contributed by atoms with Gasteiger partial charge in [-0.25, -0.2) is 0 Å². The maximum Gasteiger partial charge on any atom is 0.123 e. The first kappa shape index (κ1) is 14.1. The average Bonchev–Trinajstić information content (AvgIpc) is 2.49. The molecule has 3 nitrogen and oxygen atoms in total. The number of rotatable bonds is 5. The van der Waals surface area contributed by atoms with Crippen LogP contribution in [-0.4, -0.2) is 7.11 Å². The van der Waals surface area contributed by atoms with Crippen molar-refractivity contribution >= 4 is 0 Å². The van der Waals surface area contributed by atoms with E-state index in [1.54, 1.807) is 13.2 Å². The summed E-state index contributed by atoms with van der Waals surface area (Å²) >= 11 is 0. The van der Waals surface area contributed by atoms with Crippen molar-refractivity contribution in [1.29, 1.82) is 5.26 Å². The fraction of sp³-hybridized carbons (Fsp3) is 0.235. The van der Waals surface area contributed by atoms with Crippen molar-refractivity contribution in [3.8, 4) is 11.8 Å². The Morgan fingerprint density at radius 1 is 1.10 bits per heavy atom. The molecule has 0 spiro atoms. The van der Waals surface area contributed by atoms with Gasteiger partial charge < -0.3 is 10.1 Å². The van der Waals surface area contributed by atoms with E-state index >= 15 is 0 Å². The number of hydrogen-bond acceptors (Lipinski definition) is 3. The summed E-state index contributed by atoms with van der Waals surface area (Å²) in [5.74, 6) is 0.806. The summed E-state index contributed by atoms with van der Waals surface area (Å²) in [5, 5.41) is 12.3. The molecular formula is C17H18N2O. The van der Waals surface area contributed by atoms with Gasteiger partial charge >= 0.3 is 0 Å². The van der Waals surface area contributed by atoms with Crippen LogP contribution in [0.15, 0.2) is 42.5 Å². The molecular weight excluding hydrogens is 248 g/mol. The zero-order chi connectivity index (χ0) is 14.4. The molecule has 20 heavy (non-hydrogen) atoms. The van der Waals surface area contributed by atoms with E-state index in [2.05, 4.69) is 42.6 Å².